The predicted octanol–water partition coefficient (Wildman–Crippen LogP) is 4.25. The van der Waals surface area contributed by atoms with Gasteiger partial charge in [-0.25, -0.2) is 4.57 Å². The summed E-state index contributed by atoms with van der Waals surface area (Å²) in [5.74, 6) is 0.650. The van der Waals surface area contributed by atoms with Crippen LogP contribution in [0.25, 0.3) is 0 Å². The lowest BCUT2D eigenvalue weighted by Gasteiger charge is -2.21. The van der Waals surface area contributed by atoms with E-state index in [0.717, 1.165) is 12.8 Å². The summed E-state index contributed by atoms with van der Waals surface area (Å²) in [5, 5.41) is 0. The van der Waals surface area contributed by atoms with Crippen molar-refractivity contribution in [3.8, 4) is 0 Å². The number of hydrogen-bond acceptors (Lipinski definition) is 5. The van der Waals surface area contributed by atoms with Crippen LogP contribution in [0.4, 0.5) is 0 Å². The SMILES string of the molecule is CCOP(=O)(OCC)O/C(=C/C1CCCCC1)OC. The van der Waals surface area contributed by atoms with Crippen molar-refractivity contribution < 1.29 is 22.9 Å². The maximum Gasteiger partial charge on any atom is 0.532 e. The van der Waals surface area contributed by atoms with Crippen LogP contribution in [0.15, 0.2) is 12.0 Å². The molecule has 0 aromatic rings. The van der Waals surface area contributed by atoms with Crippen LogP contribution in [-0.4, -0.2) is 20.3 Å². The molecular formula is C13H25O5P. The third-order valence-corrected chi connectivity index (χ3v) is 4.55. The van der Waals surface area contributed by atoms with E-state index in [1.807, 2.05) is 6.08 Å². The van der Waals surface area contributed by atoms with E-state index in [1.165, 1.54) is 26.4 Å². The number of rotatable bonds is 8. The van der Waals surface area contributed by atoms with Crippen molar-refractivity contribution in [1.29, 1.82) is 0 Å². The fourth-order valence-electron chi connectivity index (χ4n) is 2.15. The topological polar surface area (TPSA) is 54.0 Å². The van der Waals surface area contributed by atoms with Gasteiger partial charge in [-0.05, 0) is 38.7 Å². The zero-order valence-corrected chi connectivity index (χ0v) is 13.0. The zero-order chi connectivity index (χ0) is 14.1. The van der Waals surface area contributed by atoms with Gasteiger partial charge in [0.05, 0.1) is 20.3 Å². The average Bonchev–Trinajstić information content (AvgIpc) is 2.39. The Balaban J connectivity index is 2.66. The normalized spacial score (nSPS) is 18.4. The molecule has 1 rings (SSSR count). The molecule has 0 atom stereocenters. The van der Waals surface area contributed by atoms with Gasteiger partial charge in [0.25, 0.3) is 5.95 Å². The molecule has 19 heavy (non-hydrogen) atoms. The van der Waals surface area contributed by atoms with Crippen molar-refractivity contribution >= 4 is 7.82 Å². The molecule has 0 radical (unpaired) electrons. The Morgan fingerprint density at radius 3 is 2.21 bits per heavy atom. The first kappa shape index (κ1) is 16.5. The number of hydrogen-bond donors (Lipinski definition) is 0. The second-order valence-corrected chi connectivity index (χ2v) is 6.06. The number of ether oxygens (including phenoxy) is 1. The Kier molecular flexibility index (Phi) is 7.51. The van der Waals surface area contributed by atoms with E-state index in [1.54, 1.807) is 13.8 Å². The summed E-state index contributed by atoms with van der Waals surface area (Å²) in [6.45, 7) is 4.01. The molecule has 0 N–H and O–H groups in total. The van der Waals surface area contributed by atoms with E-state index in [9.17, 15) is 4.57 Å². The Hall–Kier alpha value is -0.510. The molecule has 0 amide bonds. The van der Waals surface area contributed by atoms with Gasteiger partial charge in [0, 0.05) is 0 Å². The van der Waals surface area contributed by atoms with E-state index in [2.05, 4.69) is 0 Å². The maximum atomic E-state index is 12.2. The summed E-state index contributed by atoms with van der Waals surface area (Å²) < 4.78 is 32.9. The Morgan fingerprint density at radius 2 is 1.74 bits per heavy atom. The smallest absolute Gasteiger partial charge is 0.469 e. The standard InChI is InChI=1S/C13H25O5P/c1-4-16-19(14,17-5-2)18-13(15-3)11-12-9-7-6-8-10-12/h11-12H,4-10H2,1-3H3/b13-11+. The molecule has 0 aliphatic heterocycles. The van der Waals surface area contributed by atoms with Crippen molar-refractivity contribution in [2.45, 2.75) is 46.0 Å². The van der Waals surface area contributed by atoms with E-state index in [4.69, 9.17) is 18.3 Å². The molecule has 1 saturated carbocycles. The molecule has 0 saturated heterocycles. The monoisotopic (exact) mass is 292 g/mol. The molecule has 1 aliphatic carbocycles. The highest BCUT2D eigenvalue weighted by molar-refractivity contribution is 7.48. The van der Waals surface area contributed by atoms with Crippen LogP contribution >= 0.6 is 7.82 Å². The number of phosphoric acid groups is 1. The summed E-state index contributed by atoms with van der Waals surface area (Å²) >= 11 is 0. The van der Waals surface area contributed by atoms with Crippen molar-refractivity contribution in [2.75, 3.05) is 20.3 Å². The van der Waals surface area contributed by atoms with Gasteiger partial charge in [0.2, 0.25) is 0 Å². The summed E-state index contributed by atoms with van der Waals surface area (Å²) in [6.07, 6.45) is 7.83. The van der Waals surface area contributed by atoms with Crippen LogP contribution < -0.4 is 0 Å². The minimum Gasteiger partial charge on any atom is -0.469 e. The molecule has 112 valence electrons. The van der Waals surface area contributed by atoms with Crippen LogP contribution in [0, 0.1) is 5.92 Å². The highest BCUT2D eigenvalue weighted by Crippen LogP contribution is 2.51. The van der Waals surface area contributed by atoms with E-state index >= 15 is 0 Å². The molecule has 0 spiro atoms. The van der Waals surface area contributed by atoms with E-state index < -0.39 is 7.82 Å². The fourth-order valence-corrected chi connectivity index (χ4v) is 3.31. The van der Waals surface area contributed by atoms with Gasteiger partial charge in [-0.15, -0.1) is 0 Å². The summed E-state index contributed by atoms with van der Waals surface area (Å²) in [6, 6.07) is 0. The first-order valence-electron chi connectivity index (χ1n) is 6.98. The first-order valence-corrected chi connectivity index (χ1v) is 8.44. The molecular weight excluding hydrogens is 267 g/mol. The quantitative estimate of drug-likeness (QED) is 0.494. The number of phosphoric ester groups is 1. The molecule has 0 bridgehead atoms. The van der Waals surface area contributed by atoms with Crippen molar-refractivity contribution in [3.63, 3.8) is 0 Å². The second kappa shape index (κ2) is 8.62. The average molecular weight is 292 g/mol. The van der Waals surface area contributed by atoms with Crippen molar-refractivity contribution in [1.82, 2.24) is 0 Å². The highest BCUT2D eigenvalue weighted by atomic mass is 31.2. The van der Waals surface area contributed by atoms with Crippen molar-refractivity contribution in [2.24, 2.45) is 5.92 Å². The third-order valence-electron chi connectivity index (χ3n) is 3.00. The maximum absolute atomic E-state index is 12.2. The zero-order valence-electron chi connectivity index (χ0n) is 12.1. The Morgan fingerprint density at radius 1 is 1.16 bits per heavy atom. The van der Waals surface area contributed by atoms with Gasteiger partial charge in [0.1, 0.15) is 0 Å². The molecule has 1 aliphatic rings. The Labute approximate surface area is 115 Å². The second-order valence-electron chi connectivity index (χ2n) is 4.46. The van der Waals surface area contributed by atoms with Gasteiger partial charge in [0.15, 0.2) is 0 Å². The van der Waals surface area contributed by atoms with Crippen LogP contribution in [0.2, 0.25) is 0 Å². The minimum atomic E-state index is -3.55. The molecule has 5 nitrogen and oxygen atoms in total. The molecule has 0 heterocycles. The number of methoxy groups -OCH3 is 1. The lowest BCUT2D eigenvalue weighted by Crippen LogP contribution is -2.07. The lowest BCUT2D eigenvalue weighted by atomic mass is 9.89. The van der Waals surface area contributed by atoms with Crippen molar-refractivity contribution in [3.05, 3.63) is 12.0 Å². The Bertz CT molecular complexity index is 313. The highest BCUT2D eigenvalue weighted by Gasteiger charge is 2.29. The first-order chi connectivity index (χ1) is 9.13. The molecule has 0 unspecified atom stereocenters. The van der Waals surface area contributed by atoms with Gasteiger partial charge in [-0.1, -0.05) is 19.3 Å². The van der Waals surface area contributed by atoms with Gasteiger partial charge >= 0.3 is 7.82 Å². The summed E-state index contributed by atoms with van der Waals surface area (Å²) in [4.78, 5) is 0. The van der Waals surface area contributed by atoms with Gasteiger partial charge in [-0.3, -0.25) is 9.05 Å². The van der Waals surface area contributed by atoms with Gasteiger partial charge in [-0.2, -0.15) is 0 Å². The molecule has 1 fully saturated rings. The predicted molar refractivity (Wildman–Crippen MR) is 73.6 cm³/mol. The lowest BCUT2D eigenvalue weighted by molar-refractivity contribution is 0.0807. The summed E-state index contributed by atoms with van der Waals surface area (Å²) in [5.41, 5.74) is 0. The fraction of sp³-hybridized carbons (Fsp3) is 0.846. The number of allylic oxidation sites excluding steroid dienone is 1. The largest absolute Gasteiger partial charge is 0.532 e. The summed E-state index contributed by atoms with van der Waals surface area (Å²) in [7, 11) is -2.06. The third kappa shape index (κ3) is 5.98. The molecule has 0 aromatic heterocycles. The van der Waals surface area contributed by atoms with Crippen LogP contribution in [0.5, 0.6) is 0 Å². The van der Waals surface area contributed by atoms with E-state index in [-0.39, 0.29) is 19.2 Å². The van der Waals surface area contributed by atoms with Crippen LogP contribution in [0.1, 0.15) is 46.0 Å². The minimum absolute atomic E-state index is 0.233. The van der Waals surface area contributed by atoms with Crippen LogP contribution in [-0.2, 0) is 22.9 Å². The van der Waals surface area contributed by atoms with E-state index in [0.29, 0.717) is 5.92 Å². The molecule has 0 aromatic carbocycles. The van der Waals surface area contributed by atoms with Gasteiger partial charge < -0.3 is 9.26 Å². The molecule has 6 heteroatoms. The van der Waals surface area contributed by atoms with Crippen LogP contribution in [0.3, 0.4) is 0 Å².